The van der Waals surface area contributed by atoms with Crippen LogP contribution < -0.4 is 5.32 Å². The van der Waals surface area contributed by atoms with Gasteiger partial charge in [0.2, 0.25) is 5.95 Å². The summed E-state index contributed by atoms with van der Waals surface area (Å²) in [7, 11) is 0. The first-order valence-corrected chi connectivity index (χ1v) is 5.73. The second-order valence-electron chi connectivity index (χ2n) is 2.90. The standard InChI is InChI=1S/C9H15N3O2S/c1-2-10-9-11-4-3-8(12-9)15-6-7(14)5-13/h3-4,7,13-14H,2,5-6H2,1H3,(H,10,11,12). The number of aliphatic hydroxyl groups is 2. The zero-order chi connectivity index (χ0) is 11.1. The average molecular weight is 229 g/mol. The monoisotopic (exact) mass is 229 g/mol. The first kappa shape index (κ1) is 12.2. The topological polar surface area (TPSA) is 78.3 Å². The molecule has 1 atom stereocenters. The minimum Gasteiger partial charge on any atom is -0.394 e. The number of aromatic nitrogens is 2. The summed E-state index contributed by atoms with van der Waals surface area (Å²) in [4.78, 5) is 8.25. The van der Waals surface area contributed by atoms with Gasteiger partial charge in [0.1, 0.15) is 5.03 Å². The third-order valence-corrected chi connectivity index (χ3v) is 2.67. The van der Waals surface area contributed by atoms with E-state index in [4.69, 9.17) is 10.2 Å². The molecule has 6 heteroatoms. The molecular weight excluding hydrogens is 214 g/mol. The molecule has 0 aliphatic heterocycles. The van der Waals surface area contributed by atoms with E-state index >= 15 is 0 Å². The fraction of sp³-hybridized carbons (Fsp3) is 0.556. The van der Waals surface area contributed by atoms with Crippen molar-refractivity contribution < 1.29 is 10.2 Å². The molecule has 0 aromatic carbocycles. The molecular formula is C9H15N3O2S. The van der Waals surface area contributed by atoms with Crippen molar-refractivity contribution in [3.63, 3.8) is 0 Å². The number of aliphatic hydroxyl groups excluding tert-OH is 2. The van der Waals surface area contributed by atoms with Crippen LogP contribution in [0.3, 0.4) is 0 Å². The molecule has 0 aliphatic rings. The number of nitrogens with one attached hydrogen (secondary N) is 1. The molecule has 0 radical (unpaired) electrons. The minimum absolute atomic E-state index is 0.224. The Bertz CT molecular complexity index is 298. The molecule has 0 bridgehead atoms. The predicted molar refractivity (Wildman–Crippen MR) is 60.0 cm³/mol. The van der Waals surface area contributed by atoms with Gasteiger partial charge < -0.3 is 15.5 Å². The smallest absolute Gasteiger partial charge is 0.223 e. The van der Waals surface area contributed by atoms with E-state index in [1.54, 1.807) is 12.3 Å². The maximum absolute atomic E-state index is 9.16. The van der Waals surface area contributed by atoms with Crippen molar-refractivity contribution in [1.82, 2.24) is 9.97 Å². The second-order valence-corrected chi connectivity index (χ2v) is 3.94. The van der Waals surface area contributed by atoms with Crippen LogP contribution in [0.25, 0.3) is 0 Å². The van der Waals surface area contributed by atoms with E-state index < -0.39 is 6.10 Å². The summed E-state index contributed by atoms with van der Waals surface area (Å²) in [5.74, 6) is 1.01. The van der Waals surface area contributed by atoms with E-state index in [1.807, 2.05) is 6.92 Å². The Morgan fingerprint density at radius 1 is 1.60 bits per heavy atom. The number of thioether (sulfide) groups is 1. The van der Waals surface area contributed by atoms with Crippen LogP contribution in [-0.4, -0.2) is 45.2 Å². The van der Waals surface area contributed by atoms with Gasteiger partial charge in [-0.25, -0.2) is 9.97 Å². The summed E-state index contributed by atoms with van der Waals surface area (Å²) in [6.07, 6.45) is 0.964. The molecule has 1 unspecified atom stereocenters. The van der Waals surface area contributed by atoms with E-state index in [0.29, 0.717) is 11.7 Å². The summed E-state index contributed by atoms with van der Waals surface area (Å²) in [5, 5.41) is 21.6. The third-order valence-electron chi connectivity index (χ3n) is 1.60. The molecule has 1 aromatic rings. The maximum atomic E-state index is 9.16. The molecule has 0 fully saturated rings. The van der Waals surface area contributed by atoms with E-state index in [9.17, 15) is 0 Å². The molecule has 84 valence electrons. The molecule has 3 N–H and O–H groups in total. The van der Waals surface area contributed by atoms with Crippen LogP contribution in [0.5, 0.6) is 0 Å². The van der Waals surface area contributed by atoms with Crippen LogP contribution in [0.15, 0.2) is 17.3 Å². The molecule has 1 rings (SSSR count). The van der Waals surface area contributed by atoms with Gasteiger partial charge in [-0.3, -0.25) is 0 Å². The van der Waals surface area contributed by atoms with Gasteiger partial charge in [-0.15, -0.1) is 11.8 Å². The normalized spacial score (nSPS) is 12.5. The van der Waals surface area contributed by atoms with Crippen molar-refractivity contribution in [3.05, 3.63) is 12.3 Å². The first-order chi connectivity index (χ1) is 7.26. The Morgan fingerprint density at radius 3 is 3.07 bits per heavy atom. The van der Waals surface area contributed by atoms with Crippen LogP contribution in [0.2, 0.25) is 0 Å². The Kier molecular flexibility index (Phi) is 5.38. The summed E-state index contributed by atoms with van der Waals surface area (Å²) in [5.41, 5.74) is 0. The maximum Gasteiger partial charge on any atom is 0.223 e. The number of hydrogen-bond donors (Lipinski definition) is 3. The summed E-state index contributed by atoms with van der Waals surface area (Å²) >= 11 is 1.39. The molecule has 5 nitrogen and oxygen atoms in total. The molecule has 0 saturated heterocycles. The van der Waals surface area contributed by atoms with E-state index in [-0.39, 0.29) is 6.61 Å². The van der Waals surface area contributed by atoms with Gasteiger partial charge in [0, 0.05) is 18.5 Å². The van der Waals surface area contributed by atoms with Gasteiger partial charge in [-0.2, -0.15) is 0 Å². The van der Waals surface area contributed by atoms with Crippen LogP contribution in [0, 0.1) is 0 Å². The zero-order valence-electron chi connectivity index (χ0n) is 8.55. The van der Waals surface area contributed by atoms with E-state index in [0.717, 1.165) is 11.6 Å². The fourth-order valence-corrected chi connectivity index (χ4v) is 1.68. The van der Waals surface area contributed by atoms with Crippen LogP contribution >= 0.6 is 11.8 Å². The van der Waals surface area contributed by atoms with Gasteiger partial charge in [0.05, 0.1) is 12.7 Å². The lowest BCUT2D eigenvalue weighted by Crippen LogP contribution is -2.14. The summed E-state index contributed by atoms with van der Waals surface area (Å²) < 4.78 is 0. The van der Waals surface area contributed by atoms with Gasteiger partial charge in [-0.05, 0) is 13.0 Å². The molecule has 1 aromatic heterocycles. The van der Waals surface area contributed by atoms with Crippen molar-refractivity contribution in [2.45, 2.75) is 18.1 Å². The fourth-order valence-electron chi connectivity index (χ4n) is 0.900. The molecule has 0 spiro atoms. The number of anilines is 1. The molecule has 0 aliphatic carbocycles. The van der Waals surface area contributed by atoms with Crippen molar-refractivity contribution in [1.29, 1.82) is 0 Å². The largest absolute Gasteiger partial charge is 0.394 e. The first-order valence-electron chi connectivity index (χ1n) is 4.75. The SMILES string of the molecule is CCNc1nccc(SCC(O)CO)n1. The third kappa shape index (κ3) is 4.46. The summed E-state index contributed by atoms with van der Waals surface area (Å²) in [6, 6.07) is 1.77. The average Bonchev–Trinajstić information content (AvgIpc) is 2.27. The van der Waals surface area contributed by atoms with Crippen LogP contribution in [0.4, 0.5) is 5.95 Å². The molecule has 1 heterocycles. The highest BCUT2D eigenvalue weighted by atomic mass is 32.2. The quantitative estimate of drug-likeness (QED) is 0.483. The lowest BCUT2D eigenvalue weighted by molar-refractivity contribution is 0.113. The van der Waals surface area contributed by atoms with Gasteiger partial charge in [0.15, 0.2) is 0 Å². The zero-order valence-corrected chi connectivity index (χ0v) is 9.37. The second kappa shape index (κ2) is 6.60. The summed E-state index contributed by atoms with van der Waals surface area (Å²) in [6.45, 7) is 2.52. The Morgan fingerprint density at radius 2 is 2.40 bits per heavy atom. The highest BCUT2D eigenvalue weighted by Gasteiger charge is 2.04. The number of nitrogens with zero attached hydrogens (tertiary/aromatic N) is 2. The molecule has 0 amide bonds. The highest BCUT2D eigenvalue weighted by molar-refractivity contribution is 7.99. The van der Waals surface area contributed by atoms with E-state index in [1.165, 1.54) is 11.8 Å². The van der Waals surface area contributed by atoms with E-state index in [2.05, 4.69) is 15.3 Å². The van der Waals surface area contributed by atoms with Crippen molar-refractivity contribution in [2.75, 3.05) is 24.2 Å². The van der Waals surface area contributed by atoms with Crippen LogP contribution in [-0.2, 0) is 0 Å². The van der Waals surface area contributed by atoms with Gasteiger partial charge in [-0.1, -0.05) is 0 Å². The molecule has 15 heavy (non-hydrogen) atoms. The lowest BCUT2D eigenvalue weighted by Gasteiger charge is -2.06. The Balaban J connectivity index is 2.50. The van der Waals surface area contributed by atoms with Gasteiger partial charge in [0.25, 0.3) is 0 Å². The minimum atomic E-state index is -0.701. The molecule has 0 saturated carbocycles. The predicted octanol–water partition coefficient (Wildman–Crippen LogP) is 0.354. The van der Waals surface area contributed by atoms with Crippen LogP contribution in [0.1, 0.15) is 6.92 Å². The highest BCUT2D eigenvalue weighted by Crippen LogP contribution is 2.16. The van der Waals surface area contributed by atoms with Crippen molar-refractivity contribution >= 4 is 17.7 Å². The number of rotatable bonds is 6. The lowest BCUT2D eigenvalue weighted by atomic mass is 10.4. The Hall–Kier alpha value is -0.850. The number of hydrogen-bond acceptors (Lipinski definition) is 6. The Labute approximate surface area is 93.0 Å². The van der Waals surface area contributed by atoms with Crippen molar-refractivity contribution in [2.24, 2.45) is 0 Å². The van der Waals surface area contributed by atoms with Crippen molar-refractivity contribution in [3.8, 4) is 0 Å². The van der Waals surface area contributed by atoms with Gasteiger partial charge >= 0.3 is 0 Å².